The normalized spacial score (nSPS) is 10.7. The van der Waals surface area contributed by atoms with E-state index >= 15 is 0 Å². The van der Waals surface area contributed by atoms with Gasteiger partial charge in [-0.05, 0) is 30.3 Å². The summed E-state index contributed by atoms with van der Waals surface area (Å²) in [7, 11) is 0. The van der Waals surface area contributed by atoms with Gasteiger partial charge in [0, 0.05) is 29.2 Å². The van der Waals surface area contributed by atoms with E-state index in [-0.39, 0.29) is 18.7 Å². The lowest BCUT2D eigenvalue weighted by Gasteiger charge is -2.07. The summed E-state index contributed by atoms with van der Waals surface area (Å²) in [6, 6.07) is 7.56. The molecule has 2 aromatic carbocycles. The zero-order chi connectivity index (χ0) is 13.8. The van der Waals surface area contributed by atoms with Crippen molar-refractivity contribution in [1.29, 1.82) is 0 Å². The van der Waals surface area contributed by atoms with E-state index in [9.17, 15) is 13.2 Å². The molecule has 1 nitrogen and oxygen atoms in total. The summed E-state index contributed by atoms with van der Waals surface area (Å²) in [6.45, 7) is 0.324. The molecule has 2 rings (SSSR count). The maximum absolute atomic E-state index is 13.5. The van der Waals surface area contributed by atoms with Gasteiger partial charge in [-0.15, -0.1) is 0 Å². The van der Waals surface area contributed by atoms with E-state index in [4.69, 9.17) is 11.6 Å². The minimum atomic E-state index is -0.504. The number of hydrogen-bond acceptors (Lipinski definition) is 1. The standard InChI is InChI=1S/C14H11ClF3N/c15-11-2-1-9(14(18)6-11)7-19-8-10-5-12(16)3-4-13(10)17/h1-6,19H,7-8H2. The van der Waals surface area contributed by atoms with Crippen molar-refractivity contribution < 1.29 is 13.2 Å². The lowest BCUT2D eigenvalue weighted by Crippen LogP contribution is -2.14. The first-order valence-electron chi connectivity index (χ1n) is 5.65. The fourth-order valence-corrected chi connectivity index (χ4v) is 1.83. The van der Waals surface area contributed by atoms with Crippen LogP contribution in [-0.4, -0.2) is 0 Å². The second-order valence-corrected chi connectivity index (χ2v) is 4.51. The van der Waals surface area contributed by atoms with E-state index in [1.807, 2.05) is 0 Å². The zero-order valence-electron chi connectivity index (χ0n) is 9.89. The van der Waals surface area contributed by atoms with Crippen molar-refractivity contribution in [2.24, 2.45) is 0 Å². The van der Waals surface area contributed by atoms with Gasteiger partial charge in [-0.3, -0.25) is 0 Å². The second kappa shape index (κ2) is 6.08. The van der Waals surface area contributed by atoms with Crippen LogP contribution in [0.5, 0.6) is 0 Å². The third kappa shape index (κ3) is 3.72. The van der Waals surface area contributed by atoms with E-state index in [2.05, 4.69) is 5.32 Å². The van der Waals surface area contributed by atoms with E-state index in [0.29, 0.717) is 10.6 Å². The Morgan fingerprint density at radius 1 is 0.842 bits per heavy atom. The Labute approximate surface area is 114 Å². The van der Waals surface area contributed by atoms with Gasteiger partial charge in [0.1, 0.15) is 17.5 Å². The first-order chi connectivity index (χ1) is 9.06. The quantitative estimate of drug-likeness (QED) is 0.894. The third-order valence-corrected chi connectivity index (χ3v) is 2.89. The third-order valence-electron chi connectivity index (χ3n) is 2.65. The SMILES string of the molecule is Fc1ccc(F)c(CNCc2ccc(Cl)cc2F)c1. The number of rotatable bonds is 4. The van der Waals surface area contributed by atoms with Gasteiger partial charge in [0.05, 0.1) is 0 Å². The van der Waals surface area contributed by atoms with Gasteiger partial charge in [0.2, 0.25) is 0 Å². The highest BCUT2D eigenvalue weighted by Crippen LogP contribution is 2.15. The number of halogens is 4. The molecule has 0 aromatic heterocycles. The molecule has 0 aliphatic heterocycles. The van der Waals surface area contributed by atoms with Crippen molar-refractivity contribution in [2.45, 2.75) is 13.1 Å². The fraction of sp³-hybridized carbons (Fsp3) is 0.143. The van der Waals surface area contributed by atoms with Crippen LogP contribution in [0, 0.1) is 17.5 Å². The Morgan fingerprint density at radius 2 is 1.58 bits per heavy atom. The van der Waals surface area contributed by atoms with Crippen LogP contribution >= 0.6 is 11.6 Å². The summed E-state index contributed by atoms with van der Waals surface area (Å²) in [6.07, 6.45) is 0. The lowest BCUT2D eigenvalue weighted by atomic mass is 10.2. The molecule has 1 N–H and O–H groups in total. The number of nitrogens with one attached hydrogen (secondary N) is 1. The van der Waals surface area contributed by atoms with Crippen molar-refractivity contribution in [3.05, 3.63) is 70.0 Å². The van der Waals surface area contributed by atoms with E-state index in [0.717, 1.165) is 18.2 Å². The van der Waals surface area contributed by atoms with Gasteiger partial charge in [-0.25, -0.2) is 13.2 Å². The predicted molar refractivity (Wildman–Crippen MR) is 68.3 cm³/mol. The van der Waals surface area contributed by atoms with Crippen LogP contribution in [0.4, 0.5) is 13.2 Å². The second-order valence-electron chi connectivity index (χ2n) is 4.08. The maximum Gasteiger partial charge on any atom is 0.129 e. The molecule has 0 unspecified atom stereocenters. The van der Waals surface area contributed by atoms with Crippen molar-refractivity contribution in [1.82, 2.24) is 5.32 Å². The Bertz CT molecular complexity index is 587. The predicted octanol–water partition coefficient (Wildman–Crippen LogP) is 4.05. The van der Waals surface area contributed by atoms with Crippen LogP contribution in [0.2, 0.25) is 5.02 Å². The van der Waals surface area contributed by atoms with Crippen LogP contribution in [0.25, 0.3) is 0 Å². The summed E-state index contributed by atoms with van der Waals surface area (Å²) in [5.41, 5.74) is 0.621. The Morgan fingerprint density at radius 3 is 2.32 bits per heavy atom. The summed E-state index contributed by atoms with van der Waals surface area (Å²) >= 11 is 5.63. The average molecular weight is 286 g/mol. The molecule has 0 saturated carbocycles. The van der Waals surface area contributed by atoms with Gasteiger partial charge in [-0.1, -0.05) is 17.7 Å². The molecule has 0 aliphatic carbocycles. The molecule has 0 aliphatic rings. The molecule has 0 bridgehead atoms. The topological polar surface area (TPSA) is 12.0 Å². The van der Waals surface area contributed by atoms with Gasteiger partial charge < -0.3 is 5.32 Å². The first-order valence-corrected chi connectivity index (χ1v) is 6.02. The molecular weight excluding hydrogens is 275 g/mol. The van der Waals surface area contributed by atoms with Crippen LogP contribution in [0.3, 0.4) is 0 Å². The minimum absolute atomic E-state index is 0.117. The number of benzene rings is 2. The Kier molecular flexibility index (Phi) is 4.45. The van der Waals surface area contributed by atoms with Crippen LogP contribution < -0.4 is 5.32 Å². The van der Waals surface area contributed by atoms with Gasteiger partial charge in [-0.2, -0.15) is 0 Å². The van der Waals surface area contributed by atoms with Gasteiger partial charge in [0.15, 0.2) is 0 Å². The molecule has 5 heteroatoms. The maximum atomic E-state index is 13.5. The monoisotopic (exact) mass is 285 g/mol. The fourth-order valence-electron chi connectivity index (χ4n) is 1.68. The summed E-state index contributed by atoms with van der Waals surface area (Å²) in [4.78, 5) is 0. The summed E-state index contributed by atoms with van der Waals surface area (Å²) < 4.78 is 39.7. The van der Waals surface area contributed by atoms with Crippen molar-refractivity contribution in [2.75, 3.05) is 0 Å². The van der Waals surface area contributed by atoms with Crippen molar-refractivity contribution >= 4 is 11.6 Å². The van der Waals surface area contributed by atoms with Crippen LogP contribution in [0.1, 0.15) is 11.1 Å². The lowest BCUT2D eigenvalue weighted by molar-refractivity contribution is 0.558. The highest BCUT2D eigenvalue weighted by Gasteiger charge is 2.05. The molecule has 0 radical (unpaired) electrons. The number of hydrogen-bond donors (Lipinski definition) is 1. The Hall–Kier alpha value is -1.52. The van der Waals surface area contributed by atoms with Gasteiger partial charge >= 0.3 is 0 Å². The van der Waals surface area contributed by atoms with E-state index in [1.54, 1.807) is 12.1 Å². The molecule has 0 spiro atoms. The van der Waals surface area contributed by atoms with Gasteiger partial charge in [0.25, 0.3) is 0 Å². The molecule has 0 saturated heterocycles. The minimum Gasteiger partial charge on any atom is -0.308 e. The first kappa shape index (κ1) is 13.9. The smallest absolute Gasteiger partial charge is 0.129 e. The summed E-state index contributed by atoms with van der Waals surface area (Å²) in [5, 5.41) is 3.17. The molecule has 19 heavy (non-hydrogen) atoms. The molecule has 0 atom stereocenters. The molecule has 100 valence electrons. The average Bonchev–Trinajstić information content (AvgIpc) is 2.36. The molecule has 0 fully saturated rings. The highest BCUT2D eigenvalue weighted by atomic mass is 35.5. The molecule has 2 aromatic rings. The zero-order valence-corrected chi connectivity index (χ0v) is 10.6. The van der Waals surface area contributed by atoms with Crippen LogP contribution in [0.15, 0.2) is 36.4 Å². The van der Waals surface area contributed by atoms with E-state index in [1.165, 1.54) is 6.07 Å². The Balaban J connectivity index is 1.98. The molecular formula is C14H11ClF3N. The van der Waals surface area contributed by atoms with E-state index < -0.39 is 17.5 Å². The summed E-state index contributed by atoms with van der Waals surface area (Å²) in [5.74, 6) is -1.43. The molecule has 0 heterocycles. The van der Waals surface area contributed by atoms with Crippen LogP contribution in [-0.2, 0) is 13.1 Å². The highest BCUT2D eigenvalue weighted by molar-refractivity contribution is 6.30. The van der Waals surface area contributed by atoms with Crippen molar-refractivity contribution in [3.63, 3.8) is 0 Å². The van der Waals surface area contributed by atoms with Crippen molar-refractivity contribution in [3.8, 4) is 0 Å². The largest absolute Gasteiger partial charge is 0.308 e. The molecule has 0 amide bonds.